The van der Waals surface area contributed by atoms with Crippen molar-refractivity contribution >= 4 is 35.6 Å². The average Bonchev–Trinajstić information content (AvgIpc) is 3.07. The van der Waals surface area contributed by atoms with Crippen LogP contribution in [0.5, 0.6) is 5.75 Å². The van der Waals surface area contributed by atoms with Gasteiger partial charge in [0.25, 0.3) is 5.95 Å². The van der Waals surface area contributed by atoms with Crippen LogP contribution in [-0.2, 0) is 4.79 Å². The van der Waals surface area contributed by atoms with E-state index in [2.05, 4.69) is 31.0 Å². The summed E-state index contributed by atoms with van der Waals surface area (Å²) in [6.07, 6.45) is 3.21. The summed E-state index contributed by atoms with van der Waals surface area (Å²) < 4.78 is 6.33. The smallest absolute Gasteiger partial charge is 0.264 e. The Bertz CT molecular complexity index is 944. The number of rotatable bonds is 8. The Morgan fingerprint density at radius 3 is 2.82 bits per heavy atom. The molecule has 10 nitrogen and oxygen atoms in total. The number of nitrogen functional groups attached to an aromatic ring is 1. The quantitative estimate of drug-likeness (QED) is 0.225. The number of aromatic nitrogens is 4. The highest BCUT2D eigenvalue weighted by Gasteiger charge is 2.12. The molecule has 3 aromatic rings. The largest absolute Gasteiger partial charge is 0.497 e. The predicted octanol–water partition coefficient (Wildman–Crippen LogP) is 1.57. The molecule has 0 atom stereocenters. The van der Waals surface area contributed by atoms with Crippen molar-refractivity contribution in [2.75, 3.05) is 29.4 Å². The summed E-state index contributed by atoms with van der Waals surface area (Å²) >= 11 is 1.15. The maximum absolute atomic E-state index is 12.0. The van der Waals surface area contributed by atoms with Crippen molar-refractivity contribution in [2.24, 2.45) is 5.10 Å². The third kappa shape index (κ3) is 5.20. The number of carbonyl (C=O) groups is 1. The summed E-state index contributed by atoms with van der Waals surface area (Å²) in [4.78, 5) is 16.0. The molecule has 0 saturated heterocycles. The van der Waals surface area contributed by atoms with Crippen molar-refractivity contribution in [2.45, 2.75) is 5.16 Å². The van der Waals surface area contributed by atoms with Crippen LogP contribution in [0.4, 0.5) is 11.8 Å². The number of carbonyl (C=O) groups excluding carboxylic acids is 1. The van der Waals surface area contributed by atoms with Crippen LogP contribution in [-0.4, -0.2) is 44.8 Å². The minimum Gasteiger partial charge on any atom is -0.497 e. The van der Waals surface area contributed by atoms with E-state index < -0.39 is 0 Å². The zero-order chi connectivity index (χ0) is 19.8. The molecular formula is C17H18N8O2S. The lowest BCUT2D eigenvalue weighted by Crippen LogP contribution is -2.17. The van der Waals surface area contributed by atoms with E-state index >= 15 is 0 Å². The van der Waals surface area contributed by atoms with E-state index in [-0.39, 0.29) is 17.6 Å². The van der Waals surface area contributed by atoms with Gasteiger partial charge in [-0.05, 0) is 42.0 Å². The van der Waals surface area contributed by atoms with Crippen molar-refractivity contribution in [3.63, 3.8) is 0 Å². The highest BCUT2D eigenvalue weighted by molar-refractivity contribution is 7.99. The van der Waals surface area contributed by atoms with Crippen LogP contribution in [0, 0.1) is 0 Å². The molecule has 0 saturated carbocycles. The van der Waals surface area contributed by atoms with Crippen LogP contribution in [0.15, 0.2) is 58.9 Å². The van der Waals surface area contributed by atoms with Gasteiger partial charge in [0.1, 0.15) is 11.6 Å². The van der Waals surface area contributed by atoms with Gasteiger partial charge >= 0.3 is 0 Å². The molecule has 0 fully saturated rings. The number of pyridine rings is 1. The fourth-order valence-corrected chi connectivity index (χ4v) is 2.71. The Hall–Kier alpha value is -3.60. The van der Waals surface area contributed by atoms with Gasteiger partial charge in [-0.15, -0.1) is 10.2 Å². The number of nitrogens with two attached hydrogens (primary N) is 1. The van der Waals surface area contributed by atoms with Gasteiger partial charge in [0.05, 0.1) is 19.1 Å². The lowest BCUT2D eigenvalue weighted by molar-refractivity contribution is -0.113. The van der Waals surface area contributed by atoms with Gasteiger partial charge in [0.15, 0.2) is 0 Å². The second-order valence-corrected chi connectivity index (χ2v) is 6.31. The fourth-order valence-electron chi connectivity index (χ4n) is 2.05. The molecule has 0 bridgehead atoms. The first-order valence-electron chi connectivity index (χ1n) is 8.13. The summed E-state index contributed by atoms with van der Waals surface area (Å²) in [5, 5.41) is 15.0. The van der Waals surface area contributed by atoms with Crippen molar-refractivity contribution < 1.29 is 9.53 Å². The molecule has 0 unspecified atom stereocenters. The normalized spacial score (nSPS) is 10.8. The third-order valence-electron chi connectivity index (χ3n) is 3.42. The van der Waals surface area contributed by atoms with Crippen molar-refractivity contribution in [1.29, 1.82) is 0 Å². The molecule has 28 heavy (non-hydrogen) atoms. The summed E-state index contributed by atoms with van der Waals surface area (Å²) in [5.74, 6) is 7.32. The summed E-state index contributed by atoms with van der Waals surface area (Å²) in [6, 6.07) is 12.6. The summed E-state index contributed by atoms with van der Waals surface area (Å²) in [7, 11) is 1.61. The van der Waals surface area contributed by atoms with E-state index in [1.807, 2.05) is 24.3 Å². The van der Waals surface area contributed by atoms with Gasteiger partial charge in [-0.1, -0.05) is 17.8 Å². The van der Waals surface area contributed by atoms with Crippen LogP contribution in [0.1, 0.15) is 5.56 Å². The van der Waals surface area contributed by atoms with Gasteiger partial charge in [-0.2, -0.15) is 5.10 Å². The van der Waals surface area contributed by atoms with Gasteiger partial charge < -0.3 is 15.9 Å². The molecule has 1 amide bonds. The maximum atomic E-state index is 12.0. The molecule has 0 spiro atoms. The molecule has 144 valence electrons. The number of anilines is 2. The van der Waals surface area contributed by atoms with Gasteiger partial charge in [0.2, 0.25) is 11.1 Å². The SMILES string of the molecule is COc1ccc(/C=N/Nc2nnc(SCC(=O)Nc3ccccn3)n2N)cc1. The van der Waals surface area contributed by atoms with Crippen LogP contribution >= 0.6 is 11.8 Å². The molecule has 0 aliphatic rings. The Labute approximate surface area is 165 Å². The highest BCUT2D eigenvalue weighted by Crippen LogP contribution is 2.17. The summed E-state index contributed by atoms with van der Waals surface area (Å²) in [5.41, 5.74) is 3.59. The fraction of sp³-hybridized carbons (Fsp3) is 0.118. The van der Waals surface area contributed by atoms with Gasteiger partial charge in [-0.3, -0.25) is 4.79 Å². The zero-order valence-corrected chi connectivity index (χ0v) is 15.8. The lowest BCUT2D eigenvalue weighted by atomic mass is 10.2. The van der Waals surface area contributed by atoms with Crippen LogP contribution < -0.4 is 21.3 Å². The molecule has 2 aromatic heterocycles. The standard InChI is InChI=1S/C17H18N8O2S/c1-27-13-7-5-12(6-8-13)10-20-22-16-23-24-17(25(16)18)28-11-15(26)21-14-4-2-3-9-19-14/h2-10H,11,18H2,1H3,(H,22,23)(H,19,21,26)/b20-10+. The Kier molecular flexibility index (Phi) is 6.41. The first kappa shape index (κ1) is 19.2. The van der Waals surface area contributed by atoms with Gasteiger partial charge in [0, 0.05) is 6.20 Å². The number of hydrogen-bond donors (Lipinski definition) is 3. The van der Waals surface area contributed by atoms with E-state index in [1.54, 1.807) is 37.7 Å². The Morgan fingerprint density at radius 2 is 2.11 bits per heavy atom. The number of benzene rings is 1. The summed E-state index contributed by atoms with van der Waals surface area (Å²) in [6.45, 7) is 0. The molecule has 3 rings (SSSR count). The number of amides is 1. The molecule has 0 aliphatic carbocycles. The van der Waals surface area contributed by atoms with E-state index in [1.165, 1.54) is 4.68 Å². The van der Waals surface area contributed by atoms with Crippen LogP contribution in [0.2, 0.25) is 0 Å². The predicted molar refractivity (Wildman–Crippen MR) is 108 cm³/mol. The van der Waals surface area contributed by atoms with Crippen LogP contribution in [0.3, 0.4) is 0 Å². The topological polar surface area (TPSA) is 132 Å². The minimum absolute atomic E-state index is 0.112. The molecule has 4 N–H and O–H groups in total. The van der Waals surface area contributed by atoms with E-state index in [4.69, 9.17) is 10.6 Å². The molecule has 0 radical (unpaired) electrons. The maximum Gasteiger partial charge on any atom is 0.264 e. The highest BCUT2D eigenvalue weighted by atomic mass is 32.2. The third-order valence-corrected chi connectivity index (χ3v) is 4.37. The molecule has 11 heteroatoms. The second kappa shape index (κ2) is 9.37. The second-order valence-electron chi connectivity index (χ2n) is 5.37. The Balaban J connectivity index is 1.51. The van der Waals surface area contributed by atoms with Crippen LogP contribution in [0.25, 0.3) is 0 Å². The first-order chi connectivity index (χ1) is 13.7. The van der Waals surface area contributed by atoms with Gasteiger partial charge in [-0.25, -0.2) is 15.1 Å². The van der Waals surface area contributed by atoms with E-state index in [0.29, 0.717) is 11.0 Å². The first-order valence-corrected chi connectivity index (χ1v) is 9.11. The lowest BCUT2D eigenvalue weighted by Gasteiger charge is -2.04. The molecule has 1 aromatic carbocycles. The minimum atomic E-state index is -0.223. The number of hydrazone groups is 1. The Morgan fingerprint density at radius 1 is 1.29 bits per heavy atom. The number of ether oxygens (including phenoxy) is 1. The number of thioether (sulfide) groups is 1. The number of hydrogen-bond acceptors (Lipinski definition) is 9. The monoisotopic (exact) mass is 398 g/mol. The average molecular weight is 398 g/mol. The molecule has 0 aliphatic heterocycles. The van der Waals surface area contributed by atoms with E-state index in [9.17, 15) is 4.79 Å². The van der Waals surface area contributed by atoms with E-state index in [0.717, 1.165) is 23.1 Å². The number of nitrogens with zero attached hydrogens (tertiary/aromatic N) is 5. The molecule has 2 heterocycles. The number of methoxy groups -OCH3 is 1. The van der Waals surface area contributed by atoms with Crippen molar-refractivity contribution in [3.05, 3.63) is 54.2 Å². The number of nitrogens with one attached hydrogen (secondary N) is 2. The molecular weight excluding hydrogens is 380 g/mol. The zero-order valence-electron chi connectivity index (χ0n) is 14.9. The van der Waals surface area contributed by atoms with Crippen molar-refractivity contribution in [3.8, 4) is 5.75 Å². The van der Waals surface area contributed by atoms with Crippen molar-refractivity contribution in [1.82, 2.24) is 19.9 Å².